The predicted octanol–water partition coefficient (Wildman–Crippen LogP) is 1.79. The van der Waals surface area contributed by atoms with Crippen LogP contribution in [-0.4, -0.2) is 58.3 Å². The molecule has 0 radical (unpaired) electrons. The van der Waals surface area contributed by atoms with Crippen molar-refractivity contribution in [2.45, 2.75) is 0 Å². The van der Waals surface area contributed by atoms with E-state index in [2.05, 4.69) is 15.3 Å². The average molecular weight is 346 g/mol. The summed E-state index contributed by atoms with van der Waals surface area (Å²) >= 11 is 6.07. The van der Waals surface area contributed by atoms with Crippen LogP contribution in [0.5, 0.6) is 0 Å². The maximum atomic E-state index is 12.4. The largest absolute Gasteiger partial charge is 0.342 e. The van der Waals surface area contributed by atoms with E-state index in [-0.39, 0.29) is 5.91 Å². The number of halogens is 1. The van der Waals surface area contributed by atoms with Crippen molar-refractivity contribution < 1.29 is 9.59 Å². The van der Waals surface area contributed by atoms with Crippen LogP contribution in [0.2, 0.25) is 5.02 Å². The zero-order valence-corrected chi connectivity index (χ0v) is 13.6. The molecule has 0 unspecified atom stereocenters. The van der Waals surface area contributed by atoms with Gasteiger partial charge in [0.2, 0.25) is 12.4 Å². The van der Waals surface area contributed by atoms with Gasteiger partial charge in [0.1, 0.15) is 0 Å². The molecule has 0 spiro atoms. The molecule has 0 bridgehead atoms. The van der Waals surface area contributed by atoms with Crippen molar-refractivity contribution in [1.29, 1.82) is 0 Å². The van der Waals surface area contributed by atoms with Crippen molar-refractivity contribution in [3.05, 3.63) is 47.2 Å². The molecule has 0 saturated carbocycles. The van der Waals surface area contributed by atoms with Gasteiger partial charge in [-0.15, -0.1) is 0 Å². The lowest BCUT2D eigenvalue weighted by Crippen LogP contribution is -2.48. The highest BCUT2D eigenvalue weighted by Gasteiger charge is 2.21. The van der Waals surface area contributed by atoms with Gasteiger partial charge in [0.15, 0.2) is 0 Å². The smallest absolute Gasteiger partial charge is 0.257 e. The van der Waals surface area contributed by atoms with E-state index in [4.69, 9.17) is 11.6 Å². The van der Waals surface area contributed by atoms with Crippen LogP contribution < -0.4 is 5.32 Å². The summed E-state index contributed by atoms with van der Waals surface area (Å²) in [5.41, 5.74) is 1.11. The van der Waals surface area contributed by atoms with Crippen molar-refractivity contribution in [3.8, 4) is 0 Å². The maximum absolute atomic E-state index is 12.4. The first-order valence-electron chi connectivity index (χ1n) is 7.49. The van der Waals surface area contributed by atoms with Crippen LogP contribution >= 0.6 is 11.6 Å². The van der Waals surface area contributed by atoms with Crippen LogP contribution in [0.25, 0.3) is 0 Å². The second kappa shape index (κ2) is 7.27. The number of piperazine rings is 1. The van der Waals surface area contributed by atoms with Gasteiger partial charge in [0.05, 0.1) is 16.3 Å². The molecule has 1 aliphatic rings. The molecule has 1 fully saturated rings. The standard InChI is InChI=1S/C16H16ClN5O2/c17-13-3-1-2-4-14(13)20-16-18-9-12(10-19-16)15(24)22-7-5-21(11-23)6-8-22/h1-4,9-11H,5-8H2,(H,18,19,20). The summed E-state index contributed by atoms with van der Waals surface area (Å²) in [6.07, 6.45) is 3.78. The zero-order valence-electron chi connectivity index (χ0n) is 12.9. The zero-order chi connectivity index (χ0) is 16.9. The molecular weight excluding hydrogens is 330 g/mol. The van der Waals surface area contributed by atoms with Gasteiger partial charge < -0.3 is 15.1 Å². The van der Waals surface area contributed by atoms with Crippen LogP contribution in [0.3, 0.4) is 0 Å². The molecule has 1 aromatic heterocycles. The van der Waals surface area contributed by atoms with E-state index < -0.39 is 0 Å². The van der Waals surface area contributed by atoms with Crippen molar-refractivity contribution in [2.75, 3.05) is 31.5 Å². The second-order valence-corrected chi connectivity index (χ2v) is 5.74. The Morgan fingerprint density at radius 2 is 1.79 bits per heavy atom. The van der Waals surface area contributed by atoms with Crippen molar-refractivity contribution in [3.63, 3.8) is 0 Å². The molecular formula is C16H16ClN5O2. The van der Waals surface area contributed by atoms with Crippen LogP contribution in [-0.2, 0) is 4.79 Å². The molecule has 3 rings (SSSR count). The number of para-hydroxylation sites is 1. The van der Waals surface area contributed by atoms with Gasteiger partial charge in [-0.2, -0.15) is 0 Å². The highest BCUT2D eigenvalue weighted by Crippen LogP contribution is 2.23. The third-order valence-electron chi connectivity index (χ3n) is 3.77. The highest BCUT2D eigenvalue weighted by molar-refractivity contribution is 6.33. The molecule has 8 heteroatoms. The topological polar surface area (TPSA) is 78.4 Å². The van der Waals surface area contributed by atoms with Crippen molar-refractivity contribution in [1.82, 2.24) is 19.8 Å². The van der Waals surface area contributed by atoms with Crippen LogP contribution in [0.1, 0.15) is 10.4 Å². The fourth-order valence-electron chi connectivity index (χ4n) is 2.40. The summed E-state index contributed by atoms with van der Waals surface area (Å²) in [6, 6.07) is 7.27. The number of amides is 2. The number of hydrogen-bond donors (Lipinski definition) is 1. The summed E-state index contributed by atoms with van der Waals surface area (Å²) in [4.78, 5) is 34.8. The molecule has 0 aliphatic carbocycles. The SMILES string of the molecule is O=CN1CCN(C(=O)c2cnc(Nc3ccccc3Cl)nc2)CC1. The Kier molecular flexibility index (Phi) is 4.90. The van der Waals surface area contributed by atoms with E-state index in [1.165, 1.54) is 12.4 Å². The summed E-state index contributed by atoms with van der Waals surface area (Å²) in [5.74, 6) is 0.232. The number of hydrogen-bond acceptors (Lipinski definition) is 5. The quantitative estimate of drug-likeness (QED) is 0.855. The van der Waals surface area contributed by atoms with Crippen LogP contribution in [0.4, 0.5) is 11.6 Å². The van der Waals surface area contributed by atoms with Gasteiger partial charge in [0, 0.05) is 38.6 Å². The first kappa shape index (κ1) is 16.2. The minimum Gasteiger partial charge on any atom is -0.342 e. The van der Waals surface area contributed by atoms with Gasteiger partial charge in [-0.3, -0.25) is 9.59 Å². The van der Waals surface area contributed by atoms with E-state index in [1.807, 2.05) is 18.2 Å². The number of aromatic nitrogens is 2. The Balaban J connectivity index is 1.65. The second-order valence-electron chi connectivity index (χ2n) is 5.33. The molecule has 2 amide bonds. The lowest BCUT2D eigenvalue weighted by Gasteiger charge is -2.32. The Labute approximate surface area is 144 Å². The molecule has 124 valence electrons. The summed E-state index contributed by atoms with van der Waals surface area (Å²) in [6.45, 7) is 2.11. The third-order valence-corrected chi connectivity index (χ3v) is 4.10. The van der Waals surface area contributed by atoms with E-state index in [9.17, 15) is 9.59 Å². The van der Waals surface area contributed by atoms with Crippen LogP contribution in [0, 0.1) is 0 Å². The van der Waals surface area contributed by atoms with E-state index >= 15 is 0 Å². The number of nitrogens with one attached hydrogen (secondary N) is 1. The van der Waals surface area contributed by atoms with E-state index in [0.29, 0.717) is 48.4 Å². The average Bonchev–Trinajstić information content (AvgIpc) is 2.64. The number of rotatable bonds is 4. The first-order valence-corrected chi connectivity index (χ1v) is 7.87. The Hall–Kier alpha value is -2.67. The summed E-state index contributed by atoms with van der Waals surface area (Å²) < 4.78 is 0. The fraction of sp³-hybridized carbons (Fsp3) is 0.250. The third kappa shape index (κ3) is 3.62. The van der Waals surface area contributed by atoms with Gasteiger partial charge in [0.25, 0.3) is 5.91 Å². The summed E-state index contributed by atoms with van der Waals surface area (Å²) in [7, 11) is 0. The minimum atomic E-state index is -0.134. The first-order chi connectivity index (χ1) is 11.7. The fourth-order valence-corrected chi connectivity index (χ4v) is 2.58. The monoisotopic (exact) mass is 345 g/mol. The van der Waals surface area contributed by atoms with Crippen LogP contribution in [0.15, 0.2) is 36.7 Å². The van der Waals surface area contributed by atoms with Gasteiger partial charge in [-0.25, -0.2) is 9.97 Å². The Bertz CT molecular complexity index is 730. The molecule has 24 heavy (non-hydrogen) atoms. The number of carbonyl (C=O) groups is 2. The Morgan fingerprint density at radius 3 is 2.42 bits per heavy atom. The lowest BCUT2D eigenvalue weighted by atomic mass is 10.2. The maximum Gasteiger partial charge on any atom is 0.257 e. The molecule has 1 saturated heterocycles. The molecule has 2 aromatic rings. The lowest BCUT2D eigenvalue weighted by molar-refractivity contribution is -0.119. The molecule has 1 aromatic carbocycles. The predicted molar refractivity (Wildman–Crippen MR) is 90.3 cm³/mol. The van der Waals surface area contributed by atoms with E-state index in [0.717, 1.165) is 6.41 Å². The number of nitrogens with zero attached hydrogens (tertiary/aromatic N) is 4. The number of carbonyl (C=O) groups excluding carboxylic acids is 2. The van der Waals surface area contributed by atoms with Crippen molar-refractivity contribution >= 4 is 35.6 Å². The number of anilines is 2. The molecule has 0 atom stereocenters. The molecule has 1 N–H and O–H groups in total. The van der Waals surface area contributed by atoms with Crippen molar-refractivity contribution in [2.24, 2.45) is 0 Å². The van der Waals surface area contributed by atoms with Gasteiger partial charge >= 0.3 is 0 Å². The molecule has 2 heterocycles. The minimum absolute atomic E-state index is 0.134. The Morgan fingerprint density at radius 1 is 1.12 bits per heavy atom. The van der Waals surface area contributed by atoms with Gasteiger partial charge in [-0.05, 0) is 12.1 Å². The summed E-state index contributed by atoms with van der Waals surface area (Å²) in [5, 5.41) is 3.57. The van der Waals surface area contributed by atoms with Gasteiger partial charge in [-0.1, -0.05) is 23.7 Å². The molecule has 7 nitrogen and oxygen atoms in total. The highest BCUT2D eigenvalue weighted by atomic mass is 35.5. The number of benzene rings is 1. The normalized spacial score (nSPS) is 14.4. The van der Waals surface area contributed by atoms with E-state index in [1.54, 1.807) is 15.9 Å². The molecule has 1 aliphatic heterocycles.